The van der Waals surface area contributed by atoms with Crippen molar-refractivity contribution in [1.29, 1.82) is 0 Å². The average molecular weight is 364 g/mol. The number of benzene rings is 1. The van der Waals surface area contributed by atoms with Crippen LogP contribution in [0.25, 0.3) is 0 Å². The summed E-state index contributed by atoms with van der Waals surface area (Å²) in [5, 5.41) is 6.78. The zero-order chi connectivity index (χ0) is 13.0. The van der Waals surface area contributed by atoms with E-state index in [-0.39, 0.29) is 11.9 Å². The fraction of sp³-hybridized carbons (Fsp3) is 0.538. The van der Waals surface area contributed by atoms with Crippen LogP contribution in [0.2, 0.25) is 0 Å². The summed E-state index contributed by atoms with van der Waals surface area (Å²) in [6.07, 6.45) is 0.965. The molecular formula is C13H18FIN2O. The SMILES string of the molecule is CC(CC1COCCN1)Nc1cccc(F)c1I. The summed E-state index contributed by atoms with van der Waals surface area (Å²) in [5.74, 6) is -0.174. The third-order valence-corrected chi connectivity index (χ3v) is 4.09. The molecule has 0 aliphatic carbocycles. The number of nitrogens with one attached hydrogen (secondary N) is 2. The fourth-order valence-electron chi connectivity index (χ4n) is 2.14. The van der Waals surface area contributed by atoms with E-state index >= 15 is 0 Å². The van der Waals surface area contributed by atoms with Gasteiger partial charge < -0.3 is 15.4 Å². The van der Waals surface area contributed by atoms with Gasteiger partial charge >= 0.3 is 0 Å². The lowest BCUT2D eigenvalue weighted by molar-refractivity contribution is 0.0731. The normalized spacial score (nSPS) is 21.6. The van der Waals surface area contributed by atoms with Crippen LogP contribution in [-0.2, 0) is 4.74 Å². The highest BCUT2D eigenvalue weighted by Crippen LogP contribution is 2.22. The lowest BCUT2D eigenvalue weighted by Gasteiger charge is -2.27. The van der Waals surface area contributed by atoms with Crippen LogP contribution in [0.3, 0.4) is 0 Å². The Labute approximate surface area is 121 Å². The predicted octanol–water partition coefficient (Wildman–Crippen LogP) is 2.61. The molecule has 18 heavy (non-hydrogen) atoms. The Morgan fingerprint density at radius 2 is 2.44 bits per heavy atom. The zero-order valence-corrected chi connectivity index (χ0v) is 12.5. The van der Waals surface area contributed by atoms with Gasteiger partial charge in [-0.15, -0.1) is 0 Å². The Morgan fingerprint density at radius 1 is 1.61 bits per heavy atom. The van der Waals surface area contributed by atoms with E-state index in [1.165, 1.54) is 6.07 Å². The lowest BCUT2D eigenvalue weighted by atomic mass is 10.1. The van der Waals surface area contributed by atoms with Crippen molar-refractivity contribution >= 4 is 28.3 Å². The quantitative estimate of drug-likeness (QED) is 0.806. The zero-order valence-electron chi connectivity index (χ0n) is 10.4. The molecule has 0 amide bonds. The third kappa shape index (κ3) is 3.80. The molecule has 0 aromatic heterocycles. The summed E-state index contributed by atoms with van der Waals surface area (Å²) in [6.45, 7) is 4.57. The first-order chi connectivity index (χ1) is 8.66. The van der Waals surface area contributed by atoms with Crippen LogP contribution in [-0.4, -0.2) is 31.8 Å². The van der Waals surface area contributed by atoms with Gasteiger partial charge in [0.05, 0.1) is 22.5 Å². The largest absolute Gasteiger partial charge is 0.382 e. The lowest BCUT2D eigenvalue weighted by Crippen LogP contribution is -2.43. The first-order valence-electron chi connectivity index (χ1n) is 6.18. The molecule has 1 saturated heterocycles. The van der Waals surface area contributed by atoms with Crippen LogP contribution in [0.5, 0.6) is 0 Å². The predicted molar refractivity (Wildman–Crippen MR) is 79.4 cm³/mol. The molecule has 0 spiro atoms. The highest BCUT2D eigenvalue weighted by atomic mass is 127. The van der Waals surface area contributed by atoms with Crippen LogP contribution in [0.4, 0.5) is 10.1 Å². The van der Waals surface area contributed by atoms with Gasteiger partial charge in [-0.25, -0.2) is 4.39 Å². The standard InChI is InChI=1S/C13H18FIN2O/c1-9(7-10-8-18-6-5-16-10)17-12-4-2-3-11(14)13(12)15/h2-4,9-10,16-17H,5-8H2,1H3. The van der Waals surface area contributed by atoms with Crippen LogP contribution in [0.1, 0.15) is 13.3 Å². The molecule has 1 aromatic rings. The van der Waals surface area contributed by atoms with E-state index in [9.17, 15) is 4.39 Å². The monoisotopic (exact) mass is 364 g/mol. The molecule has 0 saturated carbocycles. The number of halogens is 2. The van der Waals surface area contributed by atoms with Crippen molar-refractivity contribution in [2.45, 2.75) is 25.4 Å². The third-order valence-electron chi connectivity index (χ3n) is 2.99. The Morgan fingerprint density at radius 3 is 3.17 bits per heavy atom. The van der Waals surface area contributed by atoms with Crippen molar-refractivity contribution in [3.05, 3.63) is 27.6 Å². The second kappa shape index (κ2) is 6.68. The average Bonchev–Trinajstić information content (AvgIpc) is 2.36. The van der Waals surface area contributed by atoms with Gasteiger partial charge in [0.2, 0.25) is 0 Å². The Hall–Kier alpha value is -0.400. The van der Waals surface area contributed by atoms with Gasteiger partial charge in [0.15, 0.2) is 0 Å². The molecule has 0 radical (unpaired) electrons. The molecule has 2 atom stereocenters. The second-order valence-corrected chi connectivity index (χ2v) is 5.69. The van der Waals surface area contributed by atoms with Crippen molar-refractivity contribution in [3.63, 3.8) is 0 Å². The summed E-state index contributed by atoms with van der Waals surface area (Å²) in [4.78, 5) is 0. The van der Waals surface area contributed by atoms with Crippen molar-refractivity contribution < 1.29 is 9.13 Å². The maximum Gasteiger partial charge on any atom is 0.138 e. The maximum atomic E-state index is 13.4. The molecule has 1 aliphatic rings. The Kier molecular flexibility index (Phi) is 5.20. The number of hydrogen-bond acceptors (Lipinski definition) is 3. The summed E-state index contributed by atoms with van der Waals surface area (Å²) in [6, 6.07) is 5.78. The molecule has 1 aliphatic heterocycles. The highest BCUT2D eigenvalue weighted by molar-refractivity contribution is 14.1. The van der Waals surface area contributed by atoms with Crippen molar-refractivity contribution in [2.75, 3.05) is 25.1 Å². The number of ether oxygens (including phenoxy) is 1. The molecule has 1 aromatic carbocycles. The van der Waals surface area contributed by atoms with Crippen molar-refractivity contribution in [3.8, 4) is 0 Å². The van der Waals surface area contributed by atoms with Crippen LogP contribution >= 0.6 is 22.6 Å². The van der Waals surface area contributed by atoms with E-state index in [0.717, 1.165) is 31.9 Å². The minimum Gasteiger partial charge on any atom is -0.382 e. The summed E-state index contributed by atoms with van der Waals surface area (Å²) in [7, 11) is 0. The number of hydrogen-bond donors (Lipinski definition) is 2. The highest BCUT2D eigenvalue weighted by Gasteiger charge is 2.17. The van der Waals surface area contributed by atoms with Crippen molar-refractivity contribution in [2.24, 2.45) is 0 Å². The Balaban J connectivity index is 1.90. The van der Waals surface area contributed by atoms with Gasteiger partial charge in [0.1, 0.15) is 5.82 Å². The van der Waals surface area contributed by atoms with Gasteiger partial charge in [0.25, 0.3) is 0 Å². The smallest absolute Gasteiger partial charge is 0.138 e. The van der Waals surface area contributed by atoms with Gasteiger partial charge in [-0.3, -0.25) is 0 Å². The van der Waals surface area contributed by atoms with Gasteiger partial charge in [-0.2, -0.15) is 0 Å². The van der Waals surface area contributed by atoms with E-state index < -0.39 is 0 Å². The molecule has 1 heterocycles. The topological polar surface area (TPSA) is 33.3 Å². The molecule has 1 fully saturated rings. The minimum absolute atomic E-state index is 0.174. The van der Waals surface area contributed by atoms with Crippen LogP contribution in [0.15, 0.2) is 18.2 Å². The van der Waals surface area contributed by atoms with E-state index in [1.807, 2.05) is 28.7 Å². The first kappa shape index (κ1) is 14.0. The van der Waals surface area contributed by atoms with E-state index in [1.54, 1.807) is 6.07 Å². The molecule has 2 unspecified atom stereocenters. The molecule has 5 heteroatoms. The minimum atomic E-state index is -0.174. The van der Waals surface area contributed by atoms with Crippen LogP contribution in [0, 0.1) is 9.39 Å². The van der Waals surface area contributed by atoms with Crippen LogP contribution < -0.4 is 10.6 Å². The second-order valence-electron chi connectivity index (χ2n) is 4.61. The summed E-state index contributed by atoms with van der Waals surface area (Å²) in [5.41, 5.74) is 0.861. The first-order valence-corrected chi connectivity index (χ1v) is 7.26. The molecular weight excluding hydrogens is 346 g/mol. The van der Waals surface area contributed by atoms with E-state index in [4.69, 9.17) is 4.74 Å². The Bertz CT molecular complexity index is 397. The molecule has 100 valence electrons. The van der Waals surface area contributed by atoms with Gasteiger partial charge in [-0.05, 0) is 48.1 Å². The maximum absolute atomic E-state index is 13.4. The van der Waals surface area contributed by atoms with Crippen molar-refractivity contribution in [1.82, 2.24) is 5.32 Å². The summed E-state index contributed by atoms with van der Waals surface area (Å²) >= 11 is 2.03. The van der Waals surface area contributed by atoms with E-state index in [0.29, 0.717) is 9.61 Å². The molecule has 2 rings (SSSR count). The molecule has 3 nitrogen and oxygen atoms in total. The summed E-state index contributed by atoms with van der Waals surface area (Å²) < 4.78 is 19.5. The van der Waals surface area contributed by atoms with Gasteiger partial charge in [0, 0.05) is 18.6 Å². The number of anilines is 1. The fourth-order valence-corrected chi connectivity index (χ4v) is 2.65. The number of rotatable bonds is 4. The van der Waals surface area contributed by atoms with E-state index in [2.05, 4.69) is 17.6 Å². The molecule has 2 N–H and O–H groups in total. The number of morpholine rings is 1. The molecule has 0 bridgehead atoms. The van der Waals surface area contributed by atoms with Gasteiger partial charge in [-0.1, -0.05) is 6.07 Å².